The summed E-state index contributed by atoms with van der Waals surface area (Å²) in [6.07, 6.45) is 0. The zero-order valence-electron chi connectivity index (χ0n) is 11.0. The van der Waals surface area contributed by atoms with Gasteiger partial charge in [-0.05, 0) is 42.5 Å². The lowest BCUT2D eigenvalue weighted by Crippen LogP contribution is -2.27. The molecule has 3 nitrogen and oxygen atoms in total. The molecule has 0 spiro atoms. The van der Waals surface area contributed by atoms with Gasteiger partial charge in [-0.2, -0.15) is 0 Å². The van der Waals surface area contributed by atoms with Crippen LogP contribution < -0.4 is 5.32 Å². The van der Waals surface area contributed by atoms with Crippen molar-refractivity contribution >= 4 is 39.9 Å². The summed E-state index contributed by atoms with van der Waals surface area (Å²) in [5, 5.41) is 3.83. The Morgan fingerprint density at radius 3 is 2.43 bits per heavy atom. The zero-order valence-corrected chi connectivity index (χ0v) is 13.3. The Hall–Kier alpha value is -1.36. The first-order valence-corrected chi connectivity index (χ1v) is 8.31. The fourth-order valence-electron chi connectivity index (χ4n) is 1.69. The lowest BCUT2D eigenvalue weighted by molar-refractivity contribution is 0.0956. The molecule has 2 aromatic rings. The van der Waals surface area contributed by atoms with Crippen LogP contribution in [0.2, 0.25) is 10.0 Å². The topological polar surface area (TPSA) is 46.2 Å². The normalized spacial score (nSPS) is 11.9. The largest absolute Gasteiger partial charge is 0.351 e. The number of hydrogen-bond donors (Lipinski definition) is 1. The third kappa shape index (κ3) is 4.84. The fourth-order valence-corrected chi connectivity index (χ4v) is 2.97. The number of halogens is 2. The molecule has 2 aromatic carbocycles. The van der Waals surface area contributed by atoms with Crippen LogP contribution in [0, 0.1) is 0 Å². The van der Waals surface area contributed by atoms with E-state index in [1.807, 2.05) is 0 Å². The highest BCUT2D eigenvalue weighted by molar-refractivity contribution is 7.85. The van der Waals surface area contributed by atoms with Gasteiger partial charge in [0, 0.05) is 32.8 Å². The van der Waals surface area contributed by atoms with E-state index in [-0.39, 0.29) is 5.91 Å². The molecule has 1 amide bonds. The first-order valence-electron chi connectivity index (χ1n) is 6.24. The Kier molecular flexibility index (Phi) is 5.79. The van der Waals surface area contributed by atoms with E-state index in [2.05, 4.69) is 5.32 Å². The summed E-state index contributed by atoms with van der Waals surface area (Å²) in [4.78, 5) is 12.6. The molecule has 0 saturated carbocycles. The molecule has 0 aliphatic rings. The first-order chi connectivity index (χ1) is 10.1. The van der Waals surface area contributed by atoms with Crippen molar-refractivity contribution in [3.05, 3.63) is 64.1 Å². The van der Waals surface area contributed by atoms with Crippen molar-refractivity contribution in [2.24, 2.45) is 0 Å². The predicted octanol–water partition coefficient (Wildman–Crippen LogP) is 3.53. The molecule has 0 bridgehead atoms. The van der Waals surface area contributed by atoms with E-state index in [1.165, 1.54) is 0 Å². The number of rotatable bonds is 5. The Balaban J connectivity index is 1.85. The van der Waals surface area contributed by atoms with Gasteiger partial charge in [-0.3, -0.25) is 9.00 Å². The van der Waals surface area contributed by atoms with E-state index < -0.39 is 10.8 Å². The molecule has 0 saturated heterocycles. The Bertz CT molecular complexity index is 659. The standard InChI is InChI=1S/C15H13Cl2NO2S/c16-12-4-6-14(7-5-12)21(20)9-8-18-15(19)11-2-1-3-13(17)10-11/h1-7,10H,8-9H2,(H,18,19)/t21-/m0/s1. The smallest absolute Gasteiger partial charge is 0.251 e. The monoisotopic (exact) mass is 341 g/mol. The maximum absolute atomic E-state index is 12.0. The highest BCUT2D eigenvalue weighted by Gasteiger charge is 2.07. The van der Waals surface area contributed by atoms with Gasteiger partial charge in [0.1, 0.15) is 0 Å². The molecular weight excluding hydrogens is 329 g/mol. The van der Waals surface area contributed by atoms with Crippen molar-refractivity contribution in [1.82, 2.24) is 5.32 Å². The summed E-state index contributed by atoms with van der Waals surface area (Å²) >= 11 is 11.6. The van der Waals surface area contributed by atoms with Gasteiger partial charge in [0.05, 0.1) is 10.8 Å². The van der Waals surface area contributed by atoms with Crippen LogP contribution in [0.3, 0.4) is 0 Å². The number of carbonyl (C=O) groups excluding carboxylic acids is 1. The molecule has 110 valence electrons. The molecular formula is C15H13Cl2NO2S. The van der Waals surface area contributed by atoms with E-state index in [0.29, 0.717) is 32.8 Å². The molecule has 1 N–H and O–H groups in total. The van der Waals surface area contributed by atoms with Gasteiger partial charge in [0.15, 0.2) is 0 Å². The van der Waals surface area contributed by atoms with Crippen molar-refractivity contribution < 1.29 is 9.00 Å². The van der Waals surface area contributed by atoms with Gasteiger partial charge in [-0.25, -0.2) is 0 Å². The van der Waals surface area contributed by atoms with Gasteiger partial charge < -0.3 is 5.32 Å². The lowest BCUT2D eigenvalue weighted by Gasteiger charge is -2.06. The lowest BCUT2D eigenvalue weighted by atomic mass is 10.2. The molecule has 0 aliphatic carbocycles. The summed E-state index contributed by atoms with van der Waals surface area (Å²) in [6.45, 7) is 0.320. The molecule has 0 unspecified atom stereocenters. The molecule has 21 heavy (non-hydrogen) atoms. The maximum atomic E-state index is 12.0. The highest BCUT2D eigenvalue weighted by atomic mass is 35.5. The van der Waals surface area contributed by atoms with E-state index in [0.717, 1.165) is 0 Å². The number of hydrogen-bond acceptors (Lipinski definition) is 2. The van der Waals surface area contributed by atoms with Crippen LogP contribution in [0.15, 0.2) is 53.4 Å². The van der Waals surface area contributed by atoms with Crippen molar-refractivity contribution in [2.45, 2.75) is 4.90 Å². The van der Waals surface area contributed by atoms with Crippen LogP contribution in [-0.4, -0.2) is 22.4 Å². The van der Waals surface area contributed by atoms with Crippen molar-refractivity contribution in [3.8, 4) is 0 Å². The number of carbonyl (C=O) groups is 1. The van der Waals surface area contributed by atoms with Crippen LogP contribution >= 0.6 is 23.2 Å². The molecule has 0 fully saturated rings. The Morgan fingerprint density at radius 1 is 1.05 bits per heavy atom. The third-order valence-corrected chi connectivity index (χ3v) is 4.60. The summed E-state index contributed by atoms with van der Waals surface area (Å²) in [6, 6.07) is 13.5. The minimum absolute atomic E-state index is 0.231. The fraction of sp³-hybridized carbons (Fsp3) is 0.133. The van der Waals surface area contributed by atoms with E-state index >= 15 is 0 Å². The SMILES string of the molecule is O=C(NCC[S@](=O)c1ccc(Cl)cc1)c1cccc(Cl)c1. The second kappa shape index (κ2) is 7.59. The molecule has 1 atom stereocenters. The van der Waals surface area contributed by atoms with Gasteiger partial charge in [-0.1, -0.05) is 29.3 Å². The van der Waals surface area contributed by atoms with Crippen molar-refractivity contribution in [3.63, 3.8) is 0 Å². The second-order valence-corrected chi connectivity index (χ2v) is 6.71. The van der Waals surface area contributed by atoms with Crippen LogP contribution in [0.5, 0.6) is 0 Å². The highest BCUT2D eigenvalue weighted by Crippen LogP contribution is 2.13. The minimum atomic E-state index is -1.17. The third-order valence-electron chi connectivity index (χ3n) is 2.74. The predicted molar refractivity (Wildman–Crippen MR) is 86.5 cm³/mol. The second-order valence-electron chi connectivity index (χ2n) is 4.27. The average molecular weight is 342 g/mol. The van der Waals surface area contributed by atoms with Crippen LogP contribution in [0.4, 0.5) is 0 Å². The number of amides is 1. The molecule has 0 heterocycles. The Morgan fingerprint density at radius 2 is 1.76 bits per heavy atom. The van der Waals surface area contributed by atoms with Gasteiger partial charge in [0.25, 0.3) is 5.91 Å². The van der Waals surface area contributed by atoms with E-state index in [9.17, 15) is 9.00 Å². The first kappa shape index (κ1) is 16.0. The number of nitrogens with one attached hydrogen (secondary N) is 1. The Labute approximate surface area is 135 Å². The molecule has 6 heteroatoms. The van der Waals surface area contributed by atoms with E-state index in [1.54, 1.807) is 48.5 Å². The van der Waals surface area contributed by atoms with Crippen LogP contribution in [-0.2, 0) is 10.8 Å². The van der Waals surface area contributed by atoms with Crippen molar-refractivity contribution in [1.29, 1.82) is 0 Å². The summed E-state index contributed by atoms with van der Waals surface area (Å²) in [7, 11) is -1.17. The zero-order chi connectivity index (χ0) is 15.2. The van der Waals surface area contributed by atoms with Gasteiger partial charge in [0.2, 0.25) is 0 Å². The summed E-state index contributed by atoms with van der Waals surface area (Å²) < 4.78 is 12.0. The van der Waals surface area contributed by atoms with Crippen LogP contribution in [0.1, 0.15) is 10.4 Å². The summed E-state index contributed by atoms with van der Waals surface area (Å²) in [5.41, 5.74) is 0.486. The van der Waals surface area contributed by atoms with Gasteiger partial charge in [-0.15, -0.1) is 0 Å². The molecule has 0 aliphatic heterocycles. The molecule has 0 aromatic heterocycles. The number of benzene rings is 2. The van der Waals surface area contributed by atoms with Gasteiger partial charge >= 0.3 is 0 Å². The quantitative estimate of drug-likeness (QED) is 0.904. The van der Waals surface area contributed by atoms with Crippen LogP contribution in [0.25, 0.3) is 0 Å². The molecule has 2 rings (SSSR count). The minimum Gasteiger partial charge on any atom is -0.351 e. The maximum Gasteiger partial charge on any atom is 0.251 e. The van der Waals surface area contributed by atoms with E-state index in [4.69, 9.17) is 23.2 Å². The van der Waals surface area contributed by atoms with Crippen molar-refractivity contribution in [2.75, 3.05) is 12.3 Å². The summed E-state index contributed by atoms with van der Waals surface area (Å²) in [5.74, 6) is 0.110. The molecule has 0 radical (unpaired) electrons. The average Bonchev–Trinajstić information content (AvgIpc) is 2.47.